The van der Waals surface area contributed by atoms with Crippen LogP contribution in [0, 0.1) is 11.5 Å². The van der Waals surface area contributed by atoms with Gasteiger partial charge in [-0.3, -0.25) is 24.7 Å². The van der Waals surface area contributed by atoms with Gasteiger partial charge in [0.25, 0.3) is 0 Å². The van der Waals surface area contributed by atoms with Crippen LogP contribution in [0.1, 0.15) is 37.7 Å². The summed E-state index contributed by atoms with van der Waals surface area (Å²) in [5.41, 5.74) is 6.33. The summed E-state index contributed by atoms with van der Waals surface area (Å²) in [5, 5.41) is 24.8. The molecule has 2 amide bonds. The SMILES string of the molecule is N#CNC(N)=NCCCCNC(=O)[C@@H](Cc1ccccc1)NC(=O)CCCC(=O)O. The molecule has 0 saturated heterocycles. The van der Waals surface area contributed by atoms with Crippen molar-refractivity contribution in [1.29, 1.82) is 5.26 Å². The minimum atomic E-state index is -0.962. The third-order valence-corrected chi connectivity index (χ3v) is 4.08. The van der Waals surface area contributed by atoms with Crippen LogP contribution in [0.5, 0.6) is 0 Å². The summed E-state index contributed by atoms with van der Waals surface area (Å²) in [6, 6.07) is 8.56. The molecule has 6 N–H and O–H groups in total. The molecule has 1 aromatic rings. The van der Waals surface area contributed by atoms with Crippen molar-refractivity contribution in [3.63, 3.8) is 0 Å². The van der Waals surface area contributed by atoms with E-state index >= 15 is 0 Å². The summed E-state index contributed by atoms with van der Waals surface area (Å²) in [6.45, 7) is 0.824. The second-order valence-corrected chi connectivity index (χ2v) is 6.56. The normalized spacial score (nSPS) is 11.8. The van der Waals surface area contributed by atoms with Crippen molar-refractivity contribution in [3.8, 4) is 6.19 Å². The Labute approximate surface area is 175 Å². The van der Waals surface area contributed by atoms with Gasteiger partial charge in [0.1, 0.15) is 6.04 Å². The summed E-state index contributed by atoms with van der Waals surface area (Å²) < 4.78 is 0. The maximum absolute atomic E-state index is 12.6. The van der Waals surface area contributed by atoms with Crippen molar-refractivity contribution in [2.24, 2.45) is 10.7 Å². The maximum Gasteiger partial charge on any atom is 0.303 e. The van der Waals surface area contributed by atoms with E-state index in [1.807, 2.05) is 30.3 Å². The fourth-order valence-electron chi connectivity index (χ4n) is 2.59. The molecule has 1 atom stereocenters. The van der Waals surface area contributed by atoms with Gasteiger partial charge in [-0.25, -0.2) is 0 Å². The molecule has 0 aliphatic heterocycles. The Morgan fingerprint density at radius 1 is 1.13 bits per heavy atom. The van der Waals surface area contributed by atoms with E-state index in [0.717, 1.165) is 5.56 Å². The van der Waals surface area contributed by atoms with Crippen LogP contribution in [0.4, 0.5) is 0 Å². The first-order valence-electron chi connectivity index (χ1n) is 9.70. The third-order valence-electron chi connectivity index (χ3n) is 4.08. The van der Waals surface area contributed by atoms with Crippen molar-refractivity contribution in [2.75, 3.05) is 13.1 Å². The zero-order valence-electron chi connectivity index (χ0n) is 16.8. The Morgan fingerprint density at radius 3 is 2.53 bits per heavy atom. The number of nitriles is 1. The van der Waals surface area contributed by atoms with Crippen molar-refractivity contribution < 1.29 is 19.5 Å². The summed E-state index contributed by atoms with van der Waals surface area (Å²) in [5.74, 6) is -1.58. The van der Waals surface area contributed by atoms with Crippen molar-refractivity contribution >= 4 is 23.7 Å². The van der Waals surface area contributed by atoms with E-state index in [0.29, 0.717) is 32.4 Å². The van der Waals surface area contributed by atoms with Gasteiger partial charge in [0.2, 0.25) is 17.8 Å². The molecule has 0 aliphatic rings. The first-order valence-corrected chi connectivity index (χ1v) is 9.70. The molecule has 162 valence electrons. The number of carboxylic acid groups (broad SMARTS) is 1. The zero-order valence-corrected chi connectivity index (χ0v) is 16.8. The lowest BCUT2D eigenvalue weighted by Crippen LogP contribution is -2.48. The van der Waals surface area contributed by atoms with Gasteiger partial charge in [-0.05, 0) is 24.8 Å². The molecule has 10 nitrogen and oxygen atoms in total. The number of rotatable bonds is 13. The zero-order chi connectivity index (χ0) is 22.2. The predicted molar refractivity (Wildman–Crippen MR) is 111 cm³/mol. The van der Waals surface area contributed by atoms with Gasteiger partial charge in [-0.2, -0.15) is 5.26 Å². The lowest BCUT2D eigenvalue weighted by molar-refractivity contribution is -0.137. The number of carbonyl (C=O) groups excluding carboxylic acids is 2. The van der Waals surface area contributed by atoms with Crippen molar-refractivity contribution in [3.05, 3.63) is 35.9 Å². The highest BCUT2D eigenvalue weighted by atomic mass is 16.4. The molecule has 0 saturated carbocycles. The summed E-state index contributed by atoms with van der Waals surface area (Å²) in [4.78, 5) is 39.2. The van der Waals surface area contributed by atoms with Gasteiger partial charge < -0.3 is 21.5 Å². The molecule has 1 rings (SSSR count). The Kier molecular flexibility index (Phi) is 11.7. The number of guanidine groups is 1. The number of hydrogen-bond acceptors (Lipinski definition) is 5. The van der Waals surface area contributed by atoms with Gasteiger partial charge in [0, 0.05) is 32.4 Å². The lowest BCUT2D eigenvalue weighted by Gasteiger charge is -2.19. The van der Waals surface area contributed by atoms with Gasteiger partial charge in [0.15, 0.2) is 6.19 Å². The first kappa shape index (κ1) is 24.4. The third kappa shape index (κ3) is 11.3. The number of aliphatic imine (C=N–C) groups is 1. The number of carbonyl (C=O) groups is 3. The fraction of sp³-hybridized carbons (Fsp3) is 0.450. The number of amides is 2. The average Bonchev–Trinajstić information content (AvgIpc) is 2.70. The second-order valence-electron chi connectivity index (χ2n) is 6.56. The Bertz CT molecular complexity index is 760. The van der Waals surface area contributed by atoms with E-state index in [1.54, 1.807) is 6.19 Å². The molecule has 10 heteroatoms. The van der Waals surface area contributed by atoms with E-state index < -0.39 is 12.0 Å². The minimum absolute atomic E-state index is 0.0427. The molecule has 30 heavy (non-hydrogen) atoms. The lowest BCUT2D eigenvalue weighted by atomic mass is 10.0. The number of nitrogens with one attached hydrogen (secondary N) is 3. The highest BCUT2D eigenvalue weighted by Gasteiger charge is 2.20. The van der Waals surface area contributed by atoms with Gasteiger partial charge in [0.05, 0.1) is 0 Å². The molecule has 0 heterocycles. The van der Waals surface area contributed by atoms with E-state index in [4.69, 9.17) is 16.1 Å². The van der Waals surface area contributed by atoms with Crippen LogP contribution in [0.25, 0.3) is 0 Å². The number of unbranched alkanes of at least 4 members (excludes halogenated alkanes) is 1. The van der Waals surface area contributed by atoms with Crippen LogP contribution in [-0.4, -0.2) is 48.0 Å². The maximum atomic E-state index is 12.6. The predicted octanol–water partition coefficient (Wildman–Crippen LogP) is 0.251. The molecule has 0 bridgehead atoms. The topological polar surface area (TPSA) is 170 Å². The quantitative estimate of drug-likeness (QED) is 0.101. The first-order chi connectivity index (χ1) is 14.4. The molecule has 0 aliphatic carbocycles. The standard InChI is InChI=1S/C20H28N6O4/c21-14-25-20(22)24-12-5-4-11-23-19(30)16(13-15-7-2-1-3-8-15)26-17(27)9-6-10-18(28)29/h1-3,7-8,16H,4-6,9-13H2,(H,23,30)(H,26,27)(H,28,29)(H3,22,24,25)/t16-/m1/s1. The van der Waals surface area contributed by atoms with Gasteiger partial charge >= 0.3 is 5.97 Å². The number of nitrogens with two attached hydrogens (primary N) is 1. The molecule has 0 unspecified atom stereocenters. The van der Waals surface area contributed by atoms with Crippen molar-refractivity contribution in [2.45, 2.75) is 44.6 Å². The number of benzene rings is 1. The average molecular weight is 416 g/mol. The van der Waals surface area contributed by atoms with Gasteiger partial charge in [-0.15, -0.1) is 0 Å². The molecular formula is C20H28N6O4. The van der Waals surface area contributed by atoms with Crippen LogP contribution in [0.2, 0.25) is 0 Å². The summed E-state index contributed by atoms with van der Waals surface area (Å²) in [7, 11) is 0. The highest BCUT2D eigenvalue weighted by Crippen LogP contribution is 2.05. The van der Waals surface area contributed by atoms with Gasteiger partial charge in [-0.1, -0.05) is 30.3 Å². The minimum Gasteiger partial charge on any atom is -0.481 e. The van der Waals surface area contributed by atoms with E-state index in [9.17, 15) is 14.4 Å². The largest absolute Gasteiger partial charge is 0.481 e. The van der Waals surface area contributed by atoms with Crippen LogP contribution in [0.3, 0.4) is 0 Å². The number of carboxylic acids is 1. The van der Waals surface area contributed by atoms with Crippen LogP contribution in [-0.2, 0) is 20.8 Å². The van der Waals surface area contributed by atoms with E-state index in [-0.39, 0.29) is 37.0 Å². The van der Waals surface area contributed by atoms with E-state index in [2.05, 4.69) is 20.9 Å². The van der Waals surface area contributed by atoms with Crippen LogP contribution >= 0.6 is 0 Å². The number of aliphatic carboxylic acids is 1. The number of hydrogen-bond donors (Lipinski definition) is 5. The smallest absolute Gasteiger partial charge is 0.303 e. The summed E-state index contributed by atoms with van der Waals surface area (Å²) >= 11 is 0. The molecule has 1 aromatic carbocycles. The highest BCUT2D eigenvalue weighted by molar-refractivity contribution is 5.88. The monoisotopic (exact) mass is 416 g/mol. The van der Waals surface area contributed by atoms with Crippen LogP contribution < -0.4 is 21.7 Å². The fourth-order valence-corrected chi connectivity index (χ4v) is 2.59. The molecule has 0 fully saturated rings. The summed E-state index contributed by atoms with van der Waals surface area (Å²) in [6.07, 6.45) is 3.48. The second kappa shape index (κ2) is 14.4. The Morgan fingerprint density at radius 2 is 1.87 bits per heavy atom. The Balaban J connectivity index is 2.51. The van der Waals surface area contributed by atoms with Crippen LogP contribution in [0.15, 0.2) is 35.3 Å². The molecular weight excluding hydrogens is 388 g/mol. The van der Waals surface area contributed by atoms with Crippen molar-refractivity contribution in [1.82, 2.24) is 16.0 Å². The number of nitrogens with zero attached hydrogens (tertiary/aromatic N) is 2. The molecule has 0 spiro atoms. The van der Waals surface area contributed by atoms with E-state index in [1.165, 1.54) is 0 Å². The molecule has 0 aromatic heterocycles. The molecule has 0 radical (unpaired) electrons. The Hall–Kier alpha value is -3.61.